The Morgan fingerprint density at radius 3 is 2.94 bits per heavy atom. The summed E-state index contributed by atoms with van der Waals surface area (Å²) in [7, 11) is 0. The highest BCUT2D eigenvalue weighted by Gasteiger charge is 2.11. The third kappa shape index (κ3) is 1.62. The number of pyridine rings is 2. The largest absolute Gasteiger partial charge is 0.477 e. The van der Waals surface area contributed by atoms with Crippen molar-refractivity contribution < 1.29 is 14.3 Å². The van der Waals surface area contributed by atoms with E-state index >= 15 is 0 Å². The number of carbonyl (C=O) groups is 1. The molecule has 0 bridgehead atoms. The van der Waals surface area contributed by atoms with Gasteiger partial charge in [-0.25, -0.2) is 14.8 Å². The average Bonchev–Trinajstić information content (AvgIpc) is 2.82. The molecule has 18 heavy (non-hydrogen) atoms. The minimum Gasteiger partial charge on any atom is -0.477 e. The quantitative estimate of drug-likeness (QED) is 0.745. The van der Waals surface area contributed by atoms with E-state index in [2.05, 4.69) is 9.97 Å². The maximum absolute atomic E-state index is 10.9. The molecule has 1 N–H and O–H groups in total. The second kappa shape index (κ2) is 3.96. The molecular formula is C13H8N2O3. The first-order valence-corrected chi connectivity index (χ1v) is 5.27. The zero-order chi connectivity index (χ0) is 12.5. The summed E-state index contributed by atoms with van der Waals surface area (Å²) >= 11 is 0. The van der Waals surface area contributed by atoms with Crippen LogP contribution in [-0.4, -0.2) is 21.0 Å². The van der Waals surface area contributed by atoms with Crippen LogP contribution in [0.25, 0.3) is 22.2 Å². The van der Waals surface area contributed by atoms with Gasteiger partial charge in [-0.1, -0.05) is 0 Å². The number of carboxylic acid groups (broad SMARTS) is 1. The molecule has 3 heterocycles. The van der Waals surface area contributed by atoms with Crippen molar-refractivity contribution in [2.24, 2.45) is 0 Å². The lowest BCUT2D eigenvalue weighted by molar-refractivity contribution is 0.0690. The van der Waals surface area contributed by atoms with E-state index in [1.807, 2.05) is 6.07 Å². The Morgan fingerprint density at radius 1 is 1.22 bits per heavy atom. The first-order chi connectivity index (χ1) is 8.75. The number of furan rings is 1. The van der Waals surface area contributed by atoms with Crippen LogP contribution in [0.2, 0.25) is 0 Å². The van der Waals surface area contributed by atoms with E-state index < -0.39 is 5.97 Å². The topological polar surface area (TPSA) is 76.2 Å². The zero-order valence-electron chi connectivity index (χ0n) is 9.20. The zero-order valence-corrected chi connectivity index (χ0v) is 9.20. The number of hydrogen-bond acceptors (Lipinski definition) is 4. The number of hydrogen-bond donors (Lipinski definition) is 1. The van der Waals surface area contributed by atoms with E-state index in [4.69, 9.17) is 9.52 Å². The van der Waals surface area contributed by atoms with Crippen LogP contribution in [0.5, 0.6) is 0 Å². The van der Waals surface area contributed by atoms with Gasteiger partial charge in [0.2, 0.25) is 5.71 Å². The normalized spacial score (nSPS) is 10.7. The molecule has 0 aliphatic carbocycles. The lowest BCUT2D eigenvalue weighted by atomic mass is 10.1. The molecule has 0 atom stereocenters. The molecule has 0 spiro atoms. The SMILES string of the molecule is O=C(O)c1cc(-c2coc3ncccc23)ccn1. The van der Waals surface area contributed by atoms with Gasteiger partial charge < -0.3 is 9.52 Å². The lowest BCUT2D eigenvalue weighted by Crippen LogP contribution is -1.99. The molecule has 0 radical (unpaired) electrons. The minimum atomic E-state index is -1.05. The second-order valence-corrected chi connectivity index (χ2v) is 3.74. The van der Waals surface area contributed by atoms with Gasteiger partial charge in [-0.05, 0) is 29.8 Å². The average molecular weight is 240 g/mol. The third-order valence-electron chi connectivity index (χ3n) is 2.64. The van der Waals surface area contributed by atoms with E-state index in [1.54, 1.807) is 24.6 Å². The molecule has 3 aromatic heterocycles. The molecule has 0 unspecified atom stereocenters. The molecule has 0 aliphatic heterocycles. The van der Waals surface area contributed by atoms with Crippen molar-refractivity contribution in [3.63, 3.8) is 0 Å². The molecule has 3 aromatic rings. The maximum Gasteiger partial charge on any atom is 0.354 e. The molecule has 0 saturated heterocycles. The Kier molecular flexibility index (Phi) is 2.30. The summed E-state index contributed by atoms with van der Waals surface area (Å²) < 4.78 is 5.32. The van der Waals surface area contributed by atoms with Crippen molar-refractivity contribution in [3.05, 3.63) is 48.6 Å². The van der Waals surface area contributed by atoms with Gasteiger partial charge in [-0.3, -0.25) is 0 Å². The van der Waals surface area contributed by atoms with Crippen LogP contribution in [-0.2, 0) is 0 Å². The number of carboxylic acids is 1. The summed E-state index contributed by atoms with van der Waals surface area (Å²) in [5.74, 6) is -1.05. The summed E-state index contributed by atoms with van der Waals surface area (Å²) in [6.45, 7) is 0. The highest BCUT2D eigenvalue weighted by Crippen LogP contribution is 2.29. The van der Waals surface area contributed by atoms with E-state index in [-0.39, 0.29) is 5.69 Å². The van der Waals surface area contributed by atoms with E-state index in [9.17, 15) is 4.79 Å². The fraction of sp³-hybridized carbons (Fsp3) is 0. The minimum absolute atomic E-state index is 0.00532. The summed E-state index contributed by atoms with van der Waals surface area (Å²) in [5.41, 5.74) is 2.09. The van der Waals surface area contributed by atoms with Crippen molar-refractivity contribution in [2.45, 2.75) is 0 Å². The van der Waals surface area contributed by atoms with Crippen molar-refractivity contribution >= 4 is 17.1 Å². The number of aromatic nitrogens is 2. The number of nitrogens with zero attached hydrogens (tertiary/aromatic N) is 2. The predicted molar refractivity (Wildman–Crippen MR) is 64.2 cm³/mol. The Morgan fingerprint density at radius 2 is 2.11 bits per heavy atom. The van der Waals surface area contributed by atoms with Gasteiger partial charge in [0.05, 0.1) is 0 Å². The first-order valence-electron chi connectivity index (χ1n) is 5.27. The molecule has 88 valence electrons. The Hall–Kier alpha value is -2.69. The molecule has 0 fully saturated rings. The van der Waals surface area contributed by atoms with Gasteiger partial charge in [0.25, 0.3) is 0 Å². The molecular weight excluding hydrogens is 232 g/mol. The summed E-state index contributed by atoms with van der Waals surface area (Å²) in [4.78, 5) is 18.8. The van der Waals surface area contributed by atoms with Crippen molar-refractivity contribution in [1.29, 1.82) is 0 Å². The highest BCUT2D eigenvalue weighted by atomic mass is 16.4. The smallest absolute Gasteiger partial charge is 0.354 e. The van der Waals surface area contributed by atoms with E-state index in [0.717, 1.165) is 16.5 Å². The van der Waals surface area contributed by atoms with Crippen molar-refractivity contribution in [1.82, 2.24) is 9.97 Å². The first kappa shape index (κ1) is 10.5. The molecule has 0 aliphatic rings. The van der Waals surface area contributed by atoms with Crippen LogP contribution >= 0.6 is 0 Å². The van der Waals surface area contributed by atoms with Gasteiger partial charge in [0.1, 0.15) is 12.0 Å². The summed E-state index contributed by atoms with van der Waals surface area (Å²) in [6, 6.07) is 6.94. The monoisotopic (exact) mass is 240 g/mol. The third-order valence-corrected chi connectivity index (χ3v) is 2.64. The molecule has 0 aromatic carbocycles. The number of aromatic carboxylic acids is 1. The Labute approximate surface area is 102 Å². The van der Waals surface area contributed by atoms with Crippen LogP contribution in [0.4, 0.5) is 0 Å². The van der Waals surface area contributed by atoms with Crippen LogP contribution < -0.4 is 0 Å². The van der Waals surface area contributed by atoms with Crippen LogP contribution in [0.15, 0.2) is 47.3 Å². The van der Waals surface area contributed by atoms with Gasteiger partial charge in [0, 0.05) is 23.3 Å². The molecule has 5 nitrogen and oxygen atoms in total. The molecule has 0 amide bonds. The Balaban J connectivity index is 2.20. The van der Waals surface area contributed by atoms with Crippen LogP contribution in [0, 0.1) is 0 Å². The fourth-order valence-electron chi connectivity index (χ4n) is 1.81. The lowest BCUT2D eigenvalue weighted by Gasteiger charge is -1.99. The molecule has 5 heteroatoms. The summed E-state index contributed by atoms with van der Waals surface area (Å²) in [6.07, 6.45) is 4.68. The van der Waals surface area contributed by atoms with Gasteiger partial charge in [-0.15, -0.1) is 0 Å². The van der Waals surface area contributed by atoms with Gasteiger partial charge in [-0.2, -0.15) is 0 Å². The fourth-order valence-corrected chi connectivity index (χ4v) is 1.81. The molecule has 0 saturated carbocycles. The standard InChI is InChI=1S/C13H8N2O3/c16-13(17)11-6-8(3-5-14-11)10-7-18-12-9(10)2-1-4-15-12/h1-7H,(H,16,17). The predicted octanol–water partition coefficient (Wildman–Crippen LogP) is 2.59. The van der Waals surface area contributed by atoms with Crippen molar-refractivity contribution in [2.75, 3.05) is 0 Å². The van der Waals surface area contributed by atoms with Crippen molar-refractivity contribution in [3.8, 4) is 11.1 Å². The number of rotatable bonds is 2. The number of fused-ring (bicyclic) bond motifs is 1. The summed E-state index contributed by atoms with van der Waals surface area (Å²) in [5, 5.41) is 9.77. The van der Waals surface area contributed by atoms with Gasteiger partial charge >= 0.3 is 5.97 Å². The second-order valence-electron chi connectivity index (χ2n) is 3.74. The Bertz CT molecular complexity index is 734. The maximum atomic E-state index is 10.9. The van der Waals surface area contributed by atoms with Gasteiger partial charge in [0.15, 0.2) is 0 Å². The molecule has 3 rings (SSSR count). The highest BCUT2D eigenvalue weighted by molar-refractivity contribution is 5.94. The van der Waals surface area contributed by atoms with Crippen LogP contribution in [0.3, 0.4) is 0 Å². The van der Waals surface area contributed by atoms with E-state index in [1.165, 1.54) is 12.3 Å². The van der Waals surface area contributed by atoms with E-state index in [0.29, 0.717) is 5.71 Å². The van der Waals surface area contributed by atoms with Crippen LogP contribution in [0.1, 0.15) is 10.5 Å².